The van der Waals surface area contributed by atoms with Crippen molar-refractivity contribution in [1.29, 1.82) is 0 Å². The summed E-state index contributed by atoms with van der Waals surface area (Å²) < 4.78 is 11.8. The van der Waals surface area contributed by atoms with E-state index in [4.69, 9.17) is 9.47 Å². The Bertz CT molecular complexity index is 648. The number of hydrogen-bond donors (Lipinski definition) is 2. The van der Waals surface area contributed by atoms with Crippen molar-refractivity contribution < 1.29 is 14.6 Å². The van der Waals surface area contributed by atoms with Crippen LogP contribution in [0.2, 0.25) is 0 Å². The van der Waals surface area contributed by atoms with Crippen LogP contribution in [0.5, 0.6) is 17.2 Å². The van der Waals surface area contributed by atoms with Gasteiger partial charge in [0.1, 0.15) is 17.2 Å². The van der Waals surface area contributed by atoms with Gasteiger partial charge in [-0.15, -0.1) is 0 Å². The fraction of sp³-hybridized carbons (Fsp3) is 0.333. The zero-order chi connectivity index (χ0) is 16.8. The maximum atomic E-state index is 10.0. The molecule has 0 saturated carbocycles. The lowest BCUT2D eigenvalue weighted by Crippen LogP contribution is -2.17. The molecule has 5 heteroatoms. The summed E-state index contributed by atoms with van der Waals surface area (Å²) in [7, 11) is 3.31. The summed E-state index contributed by atoms with van der Waals surface area (Å²) in [6.45, 7) is 3.27. The van der Waals surface area contributed by atoms with E-state index in [1.165, 1.54) is 0 Å². The number of phenolic OH excluding ortho intramolecular Hbond substituents is 1. The Morgan fingerprint density at radius 1 is 1.13 bits per heavy atom. The monoisotopic (exact) mass is 379 g/mol. The molecule has 0 amide bonds. The molecule has 23 heavy (non-hydrogen) atoms. The third-order valence-corrected chi connectivity index (χ3v) is 4.22. The number of halogens is 1. The maximum absolute atomic E-state index is 10.0. The van der Waals surface area contributed by atoms with Gasteiger partial charge in [-0.2, -0.15) is 0 Å². The Morgan fingerprint density at radius 2 is 1.78 bits per heavy atom. The quantitative estimate of drug-likeness (QED) is 0.718. The van der Waals surface area contributed by atoms with E-state index in [0.717, 1.165) is 45.6 Å². The number of para-hydroxylation sites is 1. The number of aryl methyl sites for hydroxylation is 1. The second-order valence-electron chi connectivity index (χ2n) is 5.30. The lowest BCUT2D eigenvalue weighted by Gasteiger charge is -2.14. The fourth-order valence-corrected chi connectivity index (χ4v) is 2.91. The standard InChI is InChI=1S/C18H22BrNO3/c1-12-5-4-6-13(18(12)21)11-20-8-7-15-16(22-2)9-14(19)10-17(15)23-3/h4-6,9-10,20-21H,7-8,11H2,1-3H3. The van der Waals surface area contributed by atoms with Crippen molar-refractivity contribution in [3.8, 4) is 17.2 Å². The first kappa shape index (κ1) is 17.6. The Balaban J connectivity index is 2.00. The van der Waals surface area contributed by atoms with Crippen molar-refractivity contribution >= 4 is 15.9 Å². The third-order valence-electron chi connectivity index (χ3n) is 3.76. The van der Waals surface area contributed by atoms with Crippen molar-refractivity contribution in [1.82, 2.24) is 5.32 Å². The molecule has 0 bridgehead atoms. The van der Waals surface area contributed by atoms with Crippen molar-refractivity contribution in [2.75, 3.05) is 20.8 Å². The highest BCUT2D eigenvalue weighted by atomic mass is 79.9. The summed E-state index contributed by atoms with van der Waals surface area (Å²) in [6, 6.07) is 9.65. The van der Waals surface area contributed by atoms with Gasteiger partial charge in [0.15, 0.2) is 0 Å². The Labute approximate surface area is 145 Å². The molecule has 124 valence electrons. The number of nitrogens with one attached hydrogen (secondary N) is 1. The van der Waals surface area contributed by atoms with Gasteiger partial charge >= 0.3 is 0 Å². The van der Waals surface area contributed by atoms with Crippen LogP contribution in [0.15, 0.2) is 34.8 Å². The summed E-state index contributed by atoms with van der Waals surface area (Å²) in [5.74, 6) is 1.96. The number of rotatable bonds is 7. The number of methoxy groups -OCH3 is 2. The molecule has 0 radical (unpaired) electrons. The van der Waals surface area contributed by atoms with E-state index in [9.17, 15) is 5.11 Å². The summed E-state index contributed by atoms with van der Waals surface area (Å²) in [5.41, 5.74) is 2.82. The number of aromatic hydroxyl groups is 1. The highest BCUT2D eigenvalue weighted by Crippen LogP contribution is 2.33. The van der Waals surface area contributed by atoms with Gasteiger partial charge in [-0.25, -0.2) is 0 Å². The fourth-order valence-electron chi connectivity index (χ4n) is 2.50. The highest BCUT2D eigenvalue weighted by molar-refractivity contribution is 9.10. The first-order chi connectivity index (χ1) is 11.1. The topological polar surface area (TPSA) is 50.7 Å². The molecule has 0 spiro atoms. The molecule has 0 heterocycles. The van der Waals surface area contributed by atoms with Crippen LogP contribution >= 0.6 is 15.9 Å². The van der Waals surface area contributed by atoms with Crippen LogP contribution in [-0.2, 0) is 13.0 Å². The van der Waals surface area contributed by atoms with Gasteiger partial charge in [-0.05, 0) is 37.6 Å². The molecule has 0 unspecified atom stereocenters. The largest absolute Gasteiger partial charge is 0.507 e. The van der Waals surface area contributed by atoms with Gasteiger partial charge in [0.2, 0.25) is 0 Å². The molecule has 0 aromatic heterocycles. The lowest BCUT2D eigenvalue weighted by atomic mass is 10.1. The molecule has 0 fully saturated rings. The van der Waals surface area contributed by atoms with Crippen LogP contribution < -0.4 is 14.8 Å². The average molecular weight is 380 g/mol. The number of benzene rings is 2. The van der Waals surface area contributed by atoms with Crippen molar-refractivity contribution in [2.24, 2.45) is 0 Å². The first-order valence-corrected chi connectivity index (χ1v) is 8.24. The first-order valence-electron chi connectivity index (χ1n) is 7.45. The van der Waals surface area contributed by atoms with Crippen LogP contribution in [0, 0.1) is 6.92 Å². The summed E-state index contributed by atoms with van der Waals surface area (Å²) in [6.07, 6.45) is 0.770. The minimum atomic E-state index is 0.360. The SMILES string of the molecule is COc1cc(Br)cc(OC)c1CCNCc1cccc(C)c1O. The van der Waals surface area contributed by atoms with Crippen LogP contribution in [0.4, 0.5) is 0 Å². The molecule has 0 aliphatic rings. The minimum Gasteiger partial charge on any atom is -0.507 e. The Hall–Kier alpha value is -1.72. The molecule has 2 aromatic carbocycles. The summed E-state index contributed by atoms with van der Waals surface area (Å²) in [5, 5.41) is 13.4. The zero-order valence-electron chi connectivity index (χ0n) is 13.6. The second-order valence-corrected chi connectivity index (χ2v) is 6.21. The van der Waals surface area contributed by atoms with E-state index >= 15 is 0 Å². The van der Waals surface area contributed by atoms with Gasteiger partial charge in [-0.1, -0.05) is 34.1 Å². The lowest BCUT2D eigenvalue weighted by molar-refractivity contribution is 0.384. The Kier molecular flexibility index (Phi) is 6.30. The number of ether oxygens (including phenoxy) is 2. The molecule has 0 saturated heterocycles. The number of hydrogen-bond acceptors (Lipinski definition) is 4. The molecule has 0 aliphatic heterocycles. The summed E-state index contributed by atoms with van der Waals surface area (Å²) >= 11 is 3.45. The van der Waals surface area contributed by atoms with Gasteiger partial charge in [0, 0.05) is 22.1 Å². The smallest absolute Gasteiger partial charge is 0.126 e. The van der Waals surface area contributed by atoms with Crippen molar-refractivity contribution in [3.63, 3.8) is 0 Å². The number of phenols is 1. The van der Waals surface area contributed by atoms with E-state index < -0.39 is 0 Å². The van der Waals surface area contributed by atoms with Crippen LogP contribution in [0.25, 0.3) is 0 Å². The minimum absolute atomic E-state index is 0.360. The van der Waals surface area contributed by atoms with Gasteiger partial charge in [0.05, 0.1) is 14.2 Å². The normalized spacial score (nSPS) is 10.6. The molecule has 4 nitrogen and oxygen atoms in total. The van der Waals surface area contributed by atoms with E-state index in [2.05, 4.69) is 21.2 Å². The molecule has 2 aromatic rings. The predicted molar refractivity (Wildman–Crippen MR) is 95.5 cm³/mol. The van der Waals surface area contributed by atoms with E-state index in [1.54, 1.807) is 14.2 Å². The van der Waals surface area contributed by atoms with Gasteiger partial charge in [0.25, 0.3) is 0 Å². The van der Waals surface area contributed by atoms with E-state index in [1.807, 2.05) is 37.3 Å². The molecule has 0 atom stereocenters. The van der Waals surface area contributed by atoms with E-state index in [0.29, 0.717) is 12.3 Å². The van der Waals surface area contributed by atoms with E-state index in [-0.39, 0.29) is 0 Å². The zero-order valence-corrected chi connectivity index (χ0v) is 15.2. The average Bonchev–Trinajstić information content (AvgIpc) is 2.55. The Morgan fingerprint density at radius 3 is 2.39 bits per heavy atom. The van der Waals surface area contributed by atoms with Crippen molar-refractivity contribution in [3.05, 3.63) is 51.5 Å². The molecule has 2 N–H and O–H groups in total. The molecular formula is C18H22BrNO3. The van der Waals surface area contributed by atoms with Gasteiger partial charge in [-0.3, -0.25) is 0 Å². The van der Waals surface area contributed by atoms with Crippen LogP contribution in [0.1, 0.15) is 16.7 Å². The molecule has 2 rings (SSSR count). The third kappa shape index (κ3) is 4.39. The van der Waals surface area contributed by atoms with Crippen molar-refractivity contribution in [2.45, 2.75) is 19.9 Å². The molecule has 0 aliphatic carbocycles. The summed E-state index contributed by atoms with van der Waals surface area (Å²) in [4.78, 5) is 0. The molecular weight excluding hydrogens is 358 g/mol. The van der Waals surface area contributed by atoms with Gasteiger partial charge < -0.3 is 19.9 Å². The van der Waals surface area contributed by atoms with Crippen LogP contribution in [-0.4, -0.2) is 25.9 Å². The predicted octanol–water partition coefficient (Wildman–Crippen LogP) is 3.81. The van der Waals surface area contributed by atoms with Crippen LogP contribution in [0.3, 0.4) is 0 Å². The second kappa shape index (κ2) is 8.22. The highest BCUT2D eigenvalue weighted by Gasteiger charge is 2.12. The maximum Gasteiger partial charge on any atom is 0.126 e.